The highest BCUT2D eigenvalue weighted by Gasteiger charge is 2.14. The molecular weight excluding hydrogens is 238 g/mol. The number of aromatic nitrogens is 2. The predicted molar refractivity (Wildman–Crippen MR) is 63.2 cm³/mol. The molecule has 1 amide bonds. The fraction of sp³-hybridized carbons (Fsp3) is 0.545. The van der Waals surface area contributed by atoms with Crippen LogP contribution in [0.1, 0.15) is 36.7 Å². The molecule has 7 heteroatoms. The third kappa shape index (κ3) is 3.85. The minimum atomic E-state index is -1.45. The predicted octanol–water partition coefficient (Wildman–Crippen LogP) is 0.0294. The first-order valence-electron chi connectivity index (χ1n) is 5.65. The fourth-order valence-corrected chi connectivity index (χ4v) is 1.29. The van der Waals surface area contributed by atoms with E-state index in [1.165, 1.54) is 6.20 Å². The Bertz CT molecular complexity index is 428. The van der Waals surface area contributed by atoms with E-state index in [0.29, 0.717) is 5.56 Å². The summed E-state index contributed by atoms with van der Waals surface area (Å²) in [7, 11) is 0. The maximum absolute atomic E-state index is 11.6. The highest BCUT2D eigenvalue weighted by Crippen LogP contribution is 2.05. The summed E-state index contributed by atoms with van der Waals surface area (Å²) in [6.45, 7) is 3.98. The molecule has 1 aromatic rings. The summed E-state index contributed by atoms with van der Waals surface area (Å²) in [5.41, 5.74) is 0.411. The first kappa shape index (κ1) is 14.2. The molecule has 0 aliphatic heterocycles. The largest absolute Gasteiger partial charge is 0.479 e. The molecule has 1 aromatic heterocycles. The Hall–Kier alpha value is -1.89. The summed E-state index contributed by atoms with van der Waals surface area (Å²) in [6.07, 6.45) is 1.58. The Morgan fingerprint density at radius 3 is 2.67 bits per heavy atom. The number of carbonyl (C=O) groups is 2. The van der Waals surface area contributed by atoms with Crippen molar-refractivity contribution in [2.75, 3.05) is 6.54 Å². The number of nitrogens with zero attached hydrogens (tertiary/aromatic N) is 2. The highest BCUT2D eigenvalue weighted by atomic mass is 16.4. The Balaban J connectivity index is 2.43. The molecule has 0 saturated carbocycles. The van der Waals surface area contributed by atoms with Gasteiger partial charge in [0, 0.05) is 25.2 Å². The van der Waals surface area contributed by atoms with Crippen molar-refractivity contribution in [3.05, 3.63) is 18.0 Å². The fourth-order valence-electron chi connectivity index (χ4n) is 1.29. The van der Waals surface area contributed by atoms with Crippen LogP contribution in [-0.2, 0) is 4.79 Å². The maximum atomic E-state index is 11.6. The number of amides is 1. The van der Waals surface area contributed by atoms with Crippen LogP contribution in [0.5, 0.6) is 0 Å². The molecular formula is C11H17N3O4. The van der Waals surface area contributed by atoms with E-state index < -0.39 is 12.1 Å². The number of carboxylic acids is 1. The lowest BCUT2D eigenvalue weighted by Gasteiger charge is -2.06. The molecule has 0 aromatic carbocycles. The van der Waals surface area contributed by atoms with Gasteiger partial charge in [0.2, 0.25) is 0 Å². The topological polar surface area (TPSA) is 104 Å². The second-order valence-corrected chi connectivity index (χ2v) is 4.20. The van der Waals surface area contributed by atoms with E-state index in [1.54, 1.807) is 10.9 Å². The second-order valence-electron chi connectivity index (χ2n) is 4.20. The molecule has 0 unspecified atom stereocenters. The zero-order valence-corrected chi connectivity index (χ0v) is 10.3. The first-order chi connectivity index (χ1) is 8.41. The van der Waals surface area contributed by atoms with Crippen LogP contribution < -0.4 is 5.32 Å². The summed E-state index contributed by atoms with van der Waals surface area (Å²) in [6, 6.07) is 0.167. The highest BCUT2D eigenvalue weighted by molar-refractivity contribution is 5.93. The van der Waals surface area contributed by atoms with Crippen molar-refractivity contribution in [1.82, 2.24) is 15.1 Å². The summed E-state index contributed by atoms with van der Waals surface area (Å²) < 4.78 is 1.65. The SMILES string of the molecule is CC(C)n1cc(C(=O)NCC[C@H](O)C(=O)O)cn1. The van der Waals surface area contributed by atoms with Gasteiger partial charge in [-0.25, -0.2) is 4.79 Å². The number of nitrogens with one attached hydrogen (secondary N) is 1. The minimum absolute atomic E-state index is 0.0284. The van der Waals surface area contributed by atoms with Crippen LogP contribution in [0.4, 0.5) is 0 Å². The van der Waals surface area contributed by atoms with Gasteiger partial charge in [-0.3, -0.25) is 9.48 Å². The van der Waals surface area contributed by atoms with Crippen molar-refractivity contribution in [3.8, 4) is 0 Å². The molecule has 0 spiro atoms. The molecule has 0 aliphatic rings. The van der Waals surface area contributed by atoms with Crippen molar-refractivity contribution in [2.24, 2.45) is 0 Å². The number of aliphatic hydroxyl groups excluding tert-OH is 1. The van der Waals surface area contributed by atoms with Gasteiger partial charge in [0.15, 0.2) is 6.10 Å². The van der Waals surface area contributed by atoms with Crippen LogP contribution >= 0.6 is 0 Å². The molecule has 100 valence electrons. The van der Waals surface area contributed by atoms with E-state index in [2.05, 4.69) is 10.4 Å². The van der Waals surface area contributed by atoms with Crippen LogP contribution in [0, 0.1) is 0 Å². The standard InChI is InChI=1S/C11H17N3O4/c1-7(2)14-6-8(5-13-14)10(16)12-4-3-9(15)11(17)18/h5-7,9,15H,3-4H2,1-2H3,(H,12,16)(H,17,18)/t9-/m0/s1. The second kappa shape index (κ2) is 6.15. The zero-order chi connectivity index (χ0) is 13.7. The quantitative estimate of drug-likeness (QED) is 0.665. The van der Waals surface area contributed by atoms with Gasteiger partial charge in [0.25, 0.3) is 5.91 Å². The Kier molecular flexibility index (Phi) is 4.85. The van der Waals surface area contributed by atoms with E-state index in [0.717, 1.165) is 0 Å². The van der Waals surface area contributed by atoms with Crippen molar-refractivity contribution in [2.45, 2.75) is 32.4 Å². The Morgan fingerprint density at radius 1 is 1.50 bits per heavy atom. The molecule has 1 heterocycles. The van der Waals surface area contributed by atoms with Gasteiger partial charge in [0.05, 0.1) is 11.8 Å². The third-order valence-corrected chi connectivity index (χ3v) is 2.38. The van der Waals surface area contributed by atoms with Gasteiger partial charge in [-0.1, -0.05) is 0 Å². The van der Waals surface area contributed by atoms with Gasteiger partial charge >= 0.3 is 5.97 Å². The normalized spacial score (nSPS) is 12.4. The van der Waals surface area contributed by atoms with E-state index in [-0.39, 0.29) is 24.9 Å². The Labute approximate surface area is 104 Å². The number of aliphatic carboxylic acids is 1. The Morgan fingerprint density at radius 2 is 2.17 bits per heavy atom. The average molecular weight is 255 g/mol. The molecule has 0 fully saturated rings. The molecule has 0 radical (unpaired) electrons. The number of carbonyl (C=O) groups excluding carboxylic acids is 1. The first-order valence-corrected chi connectivity index (χ1v) is 5.65. The number of hydrogen-bond donors (Lipinski definition) is 3. The lowest BCUT2D eigenvalue weighted by molar-refractivity contribution is -0.146. The number of rotatable bonds is 6. The van der Waals surface area contributed by atoms with E-state index in [4.69, 9.17) is 10.2 Å². The van der Waals surface area contributed by atoms with E-state index in [9.17, 15) is 9.59 Å². The monoisotopic (exact) mass is 255 g/mol. The van der Waals surface area contributed by atoms with Crippen LogP contribution in [-0.4, -0.2) is 44.5 Å². The molecule has 3 N–H and O–H groups in total. The summed E-state index contributed by atoms with van der Waals surface area (Å²) >= 11 is 0. The summed E-state index contributed by atoms with van der Waals surface area (Å²) in [5.74, 6) is -1.63. The molecule has 1 rings (SSSR count). The number of carboxylic acid groups (broad SMARTS) is 1. The summed E-state index contributed by atoms with van der Waals surface area (Å²) in [5, 5.41) is 24.0. The molecule has 18 heavy (non-hydrogen) atoms. The van der Waals surface area contributed by atoms with E-state index in [1.807, 2.05) is 13.8 Å². The number of aliphatic hydroxyl groups is 1. The third-order valence-electron chi connectivity index (χ3n) is 2.38. The summed E-state index contributed by atoms with van der Waals surface area (Å²) in [4.78, 5) is 22.0. The lowest BCUT2D eigenvalue weighted by Crippen LogP contribution is -2.29. The van der Waals surface area contributed by atoms with Crippen molar-refractivity contribution >= 4 is 11.9 Å². The molecule has 0 aliphatic carbocycles. The smallest absolute Gasteiger partial charge is 0.332 e. The van der Waals surface area contributed by atoms with Gasteiger partial charge in [-0.05, 0) is 13.8 Å². The van der Waals surface area contributed by atoms with Crippen LogP contribution in [0.2, 0.25) is 0 Å². The molecule has 1 atom stereocenters. The van der Waals surface area contributed by atoms with E-state index >= 15 is 0 Å². The van der Waals surface area contributed by atoms with Crippen molar-refractivity contribution < 1.29 is 19.8 Å². The van der Waals surface area contributed by atoms with Crippen LogP contribution in [0.25, 0.3) is 0 Å². The zero-order valence-electron chi connectivity index (χ0n) is 10.3. The minimum Gasteiger partial charge on any atom is -0.479 e. The molecule has 0 bridgehead atoms. The maximum Gasteiger partial charge on any atom is 0.332 e. The average Bonchev–Trinajstić information content (AvgIpc) is 2.77. The molecule has 0 saturated heterocycles. The van der Waals surface area contributed by atoms with Gasteiger partial charge in [-0.15, -0.1) is 0 Å². The van der Waals surface area contributed by atoms with Gasteiger partial charge < -0.3 is 15.5 Å². The van der Waals surface area contributed by atoms with Gasteiger partial charge in [0.1, 0.15) is 0 Å². The lowest BCUT2D eigenvalue weighted by atomic mass is 10.2. The van der Waals surface area contributed by atoms with Crippen LogP contribution in [0.15, 0.2) is 12.4 Å². The van der Waals surface area contributed by atoms with Crippen molar-refractivity contribution in [1.29, 1.82) is 0 Å². The number of hydrogen-bond acceptors (Lipinski definition) is 4. The van der Waals surface area contributed by atoms with Gasteiger partial charge in [-0.2, -0.15) is 5.10 Å². The molecule has 7 nitrogen and oxygen atoms in total. The van der Waals surface area contributed by atoms with Crippen LogP contribution in [0.3, 0.4) is 0 Å². The van der Waals surface area contributed by atoms with Crippen molar-refractivity contribution in [3.63, 3.8) is 0 Å².